The largest absolute Gasteiger partial charge is 0.384 e. The van der Waals surface area contributed by atoms with E-state index in [9.17, 15) is 10.1 Å². The molecule has 0 heterocycles. The van der Waals surface area contributed by atoms with E-state index in [4.69, 9.17) is 16.7 Å². The molecule has 0 bridgehead atoms. The third-order valence-corrected chi connectivity index (χ3v) is 1.72. The van der Waals surface area contributed by atoms with Gasteiger partial charge in [0, 0.05) is 18.8 Å². The van der Waals surface area contributed by atoms with Crippen molar-refractivity contribution in [1.82, 2.24) is 0 Å². The fourth-order valence-corrected chi connectivity index (χ4v) is 0.688. The number of aliphatic hydroxyl groups excluding tert-OH is 1. The van der Waals surface area contributed by atoms with E-state index in [1.807, 2.05) is 0 Å². The topological polar surface area (TPSA) is 63.4 Å². The molecule has 0 spiro atoms. The van der Waals surface area contributed by atoms with Gasteiger partial charge in [0.1, 0.15) is 6.10 Å². The summed E-state index contributed by atoms with van der Waals surface area (Å²) in [6.45, 7) is 2.67. The van der Waals surface area contributed by atoms with Gasteiger partial charge in [0.05, 0.1) is 5.88 Å². The fraction of sp³-hybridized carbons (Fsp3) is 1.00. The van der Waals surface area contributed by atoms with Crippen molar-refractivity contribution < 1.29 is 10.0 Å². The Bertz CT molecular complexity index is 137. The first-order chi connectivity index (χ1) is 4.42. The van der Waals surface area contributed by atoms with Crippen molar-refractivity contribution in [2.75, 3.05) is 5.88 Å². The van der Waals surface area contributed by atoms with Gasteiger partial charge in [-0.2, -0.15) is 0 Å². The minimum Gasteiger partial charge on any atom is -0.384 e. The maximum absolute atomic E-state index is 10.2. The Balaban J connectivity index is 4.23. The van der Waals surface area contributed by atoms with Gasteiger partial charge in [-0.25, -0.2) is 0 Å². The van der Waals surface area contributed by atoms with Crippen LogP contribution in [-0.4, -0.2) is 27.6 Å². The number of hydrogen-bond donors (Lipinski definition) is 1. The summed E-state index contributed by atoms with van der Waals surface area (Å²) >= 11 is 5.23. The Morgan fingerprint density at radius 1 is 1.80 bits per heavy atom. The van der Waals surface area contributed by atoms with E-state index in [1.165, 1.54) is 13.8 Å². The molecule has 0 amide bonds. The number of halogens is 1. The van der Waals surface area contributed by atoms with Crippen LogP contribution in [0.4, 0.5) is 0 Å². The second-order valence-electron chi connectivity index (χ2n) is 2.58. The Hall–Kier alpha value is -0.350. The Morgan fingerprint density at radius 3 is 2.30 bits per heavy atom. The van der Waals surface area contributed by atoms with E-state index >= 15 is 0 Å². The summed E-state index contributed by atoms with van der Waals surface area (Å²) in [4.78, 5) is 9.67. The summed E-state index contributed by atoms with van der Waals surface area (Å²) in [7, 11) is 0. The highest BCUT2D eigenvalue weighted by Gasteiger charge is 2.38. The Morgan fingerprint density at radius 2 is 2.20 bits per heavy atom. The molecule has 0 aliphatic rings. The molecule has 0 aromatic rings. The highest BCUT2D eigenvalue weighted by Crippen LogP contribution is 2.14. The molecule has 0 saturated carbocycles. The molecule has 0 aromatic carbocycles. The van der Waals surface area contributed by atoms with Crippen LogP contribution in [0.1, 0.15) is 13.8 Å². The van der Waals surface area contributed by atoms with Crippen LogP contribution in [0.2, 0.25) is 0 Å². The van der Waals surface area contributed by atoms with Gasteiger partial charge < -0.3 is 5.11 Å². The van der Waals surface area contributed by atoms with Gasteiger partial charge in [-0.15, -0.1) is 11.6 Å². The van der Waals surface area contributed by atoms with Gasteiger partial charge in [0.2, 0.25) is 5.54 Å². The quantitative estimate of drug-likeness (QED) is 0.381. The van der Waals surface area contributed by atoms with Crippen molar-refractivity contribution in [3.05, 3.63) is 10.1 Å². The Kier molecular flexibility index (Phi) is 3.05. The first kappa shape index (κ1) is 9.65. The average Bonchev–Trinajstić information content (AvgIpc) is 1.86. The zero-order valence-electron chi connectivity index (χ0n) is 5.87. The van der Waals surface area contributed by atoms with Crippen LogP contribution in [0.15, 0.2) is 0 Å². The summed E-state index contributed by atoms with van der Waals surface area (Å²) in [6.07, 6.45) is -1.09. The van der Waals surface area contributed by atoms with E-state index in [-0.39, 0.29) is 5.88 Å². The molecular weight excluding hydrogens is 158 g/mol. The van der Waals surface area contributed by atoms with E-state index in [1.54, 1.807) is 0 Å². The average molecular weight is 168 g/mol. The number of hydrogen-bond acceptors (Lipinski definition) is 3. The molecule has 5 heteroatoms. The molecule has 0 radical (unpaired) electrons. The molecule has 0 saturated heterocycles. The van der Waals surface area contributed by atoms with Crippen molar-refractivity contribution in [2.24, 2.45) is 0 Å². The van der Waals surface area contributed by atoms with Gasteiger partial charge in [-0.05, 0) is 0 Å². The summed E-state index contributed by atoms with van der Waals surface area (Å²) in [5.41, 5.74) is -1.35. The zero-order chi connectivity index (χ0) is 8.36. The fourth-order valence-electron chi connectivity index (χ4n) is 0.310. The second kappa shape index (κ2) is 3.16. The lowest BCUT2D eigenvalue weighted by atomic mass is 10.0. The molecule has 0 rings (SSSR count). The van der Waals surface area contributed by atoms with Crippen LogP contribution in [0.5, 0.6) is 0 Å². The number of nitrogens with zero attached hydrogens (tertiary/aromatic N) is 1. The maximum Gasteiger partial charge on any atom is 0.243 e. The standard InChI is InChI=1S/C5H10ClNO3/c1-5(2,7(9)10)4(8)3-6/h4,8H,3H2,1-2H3. The van der Waals surface area contributed by atoms with Crippen LogP contribution < -0.4 is 0 Å². The predicted molar refractivity (Wildman–Crippen MR) is 37.8 cm³/mol. The van der Waals surface area contributed by atoms with Gasteiger partial charge in [-0.3, -0.25) is 10.1 Å². The number of rotatable bonds is 3. The highest BCUT2D eigenvalue weighted by molar-refractivity contribution is 6.18. The number of aliphatic hydroxyl groups is 1. The summed E-state index contributed by atoms with van der Waals surface area (Å²) < 4.78 is 0. The van der Waals surface area contributed by atoms with Gasteiger partial charge >= 0.3 is 0 Å². The minimum atomic E-state index is -1.35. The van der Waals surface area contributed by atoms with E-state index in [0.717, 1.165) is 0 Å². The van der Waals surface area contributed by atoms with E-state index in [0.29, 0.717) is 0 Å². The molecule has 0 aromatic heterocycles. The lowest BCUT2D eigenvalue weighted by Crippen LogP contribution is -2.44. The monoisotopic (exact) mass is 167 g/mol. The molecule has 0 fully saturated rings. The molecule has 0 aliphatic heterocycles. The van der Waals surface area contributed by atoms with Crippen LogP contribution in [0, 0.1) is 10.1 Å². The predicted octanol–water partition coefficient (Wildman–Crippen LogP) is 0.641. The van der Waals surface area contributed by atoms with Crippen molar-refractivity contribution in [2.45, 2.75) is 25.5 Å². The summed E-state index contributed by atoms with van der Waals surface area (Å²) in [5.74, 6) is -0.117. The lowest BCUT2D eigenvalue weighted by molar-refractivity contribution is -0.572. The molecule has 1 unspecified atom stereocenters. The van der Waals surface area contributed by atoms with Crippen LogP contribution in [-0.2, 0) is 0 Å². The van der Waals surface area contributed by atoms with Crippen LogP contribution >= 0.6 is 11.6 Å². The normalized spacial score (nSPS) is 14.8. The van der Waals surface area contributed by atoms with Crippen molar-refractivity contribution in [1.29, 1.82) is 0 Å². The molecule has 1 atom stereocenters. The van der Waals surface area contributed by atoms with Gasteiger partial charge in [0.25, 0.3) is 0 Å². The molecule has 60 valence electrons. The molecule has 1 N–H and O–H groups in total. The second-order valence-corrected chi connectivity index (χ2v) is 2.89. The first-order valence-corrected chi connectivity index (χ1v) is 3.35. The van der Waals surface area contributed by atoms with Crippen molar-refractivity contribution in [3.8, 4) is 0 Å². The third-order valence-electron chi connectivity index (χ3n) is 1.43. The number of alkyl halides is 1. The molecule has 0 aliphatic carbocycles. The molecular formula is C5H10ClNO3. The van der Waals surface area contributed by atoms with Gasteiger partial charge in [0.15, 0.2) is 0 Å². The molecule has 4 nitrogen and oxygen atoms in total. The lowest BCUT2D eigenvalue weighted by Gasteiger charge is -2.19. The zero-order valence-corrected chi connectivity index (χ0v) is 6.63. The SMILES string of the molecule is CC(C)(C(O)CCl)[N+](=O)[O-]. The minimum absolute atomic E-state index is 0.117. The van der Waals surface area contributed by atoms with Gasteiger partial charge in [-0.1, -0.05) is 0 Å². The smallest absolute Gasteiger partial charge is 0.243 e. The number of nitro groups is 1. The van der Waals surface area contributed by atoms with Crippen molar-refractivity contribution in [3.63, 3.8) is 0 Å². The van der Waals surface area contributed by atoms with E-state index in [2.05, 4.69) is 0 Å². The van der Waals surface area contributed by atoms with Crippen molar-refractivity contribution >= 4 is 11.6 Å². The summed E-state index contributed by atoms with van der Waals surface area (Å²) in [6, 6.07) is 0. The summed E-state index contributed by atoms with van der Waals surface area (Å²) in [5, 5.41) is 19.2. The Labute approximate surface area is 63.9 Å². The van der Waals surface area contributed by atoms with Crippen LogP contribution in [0.25, 0.3) is 0 Å². The highest BCUT2D eigenvalue weighted by atomic mass is 35.5. The van der Waals surface area contributed by atoms with E-state index < -0.39 is 16.6 Å². The first-order valence-electron chi connectivity index (χ1n) is 2.81. The van der Waals surface area contributed by atoms with Crippen LogP contribution in [0.3, 0.4) is 0 Å². The maximum atomic E-state index is 10.2. The molecule has 10 heavy (non-hydrogen) atoms. The third kappa shape index (κ3) is 1.82.